The average Bonchev–Trinajstić information content (AvgIpc) is 2.86. The zero-order valence-electron chi connectivity index (χ0n) is 11.9. The van der Waals surface area contributed by atoms with E-state index in [1.807, 2.05) is 36.4 Å². The topological polar surface area (TPSA) is 53.1 Å². The van der Waals surface area contributed by atoms with Crippen LogP contribution < -0.4 is 10.5 Å². The molecule has 0 aliphatic rings. The molecule has 0 aliphatic heterocycles. The van der Waals surface area contributed by atoms with Crippen molar-refractivity contribution in [3.05, 3.63) is 40.9 Å². The minimum atomic E-state index is 0.723. The van der Waals surface area contributed by atoms with E-state index >= 15 is 0 Å². The molecule has 3 rings (SSSR count). The molecule has 0 amide bonds. The van der Waals surface area contributed by atoms with Gasteiger partial charge in [0.2, 0.25) is 0 Å². The molecular formula is C16H16BrN3O. The van der Waals surface area contributed by atoms with Crippen LogP contribution in [0.2, 0.25) is 0 Å². The average molecular weight is 346 g/mol. The van der Waals surface area contributed by atoms with E-state index in [-0.39, 0.29) is 0 Å². The van der Waals surface area contributed by atoms with Crippen LogP contribution >= 0.6 is 15.9 Å². The van der Waals surface area contributed by atoms with Crippen LogP contribution in [0.25, 0.3) is 22.4 Å². The number of fused-ring (bicyclic) bond motifs is 1. The van der Waals surface area contributed by atoms with Crippen molar-refractivity contribution < 1.29 is 4.74 Å². The van der Waals surface area contributed by atoms with Crippen LogP contribution in [0.15, 0.2) is 40.9 Å². The Morgan fingerprint density at radius 2 is 2.05 bits per heavy atom. The van der Waals surface area contributed by atoms with E-state index in [1.165, 1.54) is 0 Å². The van der Waals surface area contributed by atoms with Gasteiger partial charge in [-0.1, -0.05) is 15.9 Å². The van der Waals surface area contributed by atoms with E-state index in [1.54, 1.807) is 7.11 Å². The summed E-state index contributed by atoms with van der Waals surface area (Å²) in [5.74, 6) is 1.71. The van der Waals surface area contributed by atoms with Crippen LogP contribution in [0, 0.1) is 0 Å². The van der Waals surface area contributed by atoms with E-state index in [4.69, 9.17) is 15.5 Å². The van der Waals surface area contributed by atoms with Crippen molar-refractivity contribution in [1.82, 2.24) is 9.55 Å². The number of rotatable bonds is 3. The number of anilines is 1. The highest BCUT2D eigenvalue weighted by Gasteiger charge is 2.14. The summed E-state index contributed by atoms with van der Waals surface area (Å²) in [6.45, 7) is 2.94. The molecule has 3 aromatic rings. The third kappa shape index (κ3) is 2.38. The molecule has 0 saturated heterocycles. The van der Waals surface area contributed by atoms with Crippen molar-refractivity contribution in [2.75, 3.05) is 12.8 Å². The van der Waals surface area contributed by atoms with Crippen LogP contribution in [0.1, 0.15) is 6.92 Å². The minimum absolute atomic E-state index is 0.723. The summed E-state index contributed by atoms with van der Waals surface area (Å²) in [5.41, 5.74) is 9.64. The van der Waals surface area contributed by atoms with Gasteiger partial charge in [0.25, 0.3) is 0 Å². The summed E-state index contributed by atoms with van der Waals surface area (Å²) in [6.07, 6.45) is 0. The van der Waals surface area contributed by atoms with Crippen LogP contribution in [-0.2, 0) is 6.54 Å². The van der Waals surface area contributed by atoms with Crippen molar-refractivity contribution in [3.63, 3.8) is 0 Å². The van der Waals surface area contributed by atoms with Gasteiger partial charge in [0.05, 0.1) is 18.1 Å². The lowest BCUT2D eigenvalue weighted by molar-refractivity contribution is 0.415. The number of imidazole rings is 1. The predicted octanol–water partition coefficient (Wildman–Crippen LogP) is 4.08. The number of nitrogens with two attached hydrogens (primary N) is 1. The molecular weight excluding hydrogens is 330 g/mol. The quantitative estimate of drug-likeness (QED) is 0.727. The number of benzene rings is 2. The summed E-state index contributed by atoms with van der Waals surface area (Å²) >= 11 is 3.58. The maximum Gasteiger partial charge on any atom is 0.142 e. The Labute approximate surface area is 131 Å². The van der Waals surface area contributed by atoms with Gasteiger partial charge in [0, 0.05) is 28.3 Å². The van der Waals surface area contributed by atoms with Crippen molar-refractivity contribution in [1.29, 1.82) is 0 Å². The van der Waals surface area contributed by atoms with Gasteiger partial charge in [0.1, 0.15) is 11.6 Å². The predicted molar refractivity (Wildman–Crippen MR) is 89.5 cm³/mol. The standard InChI is InChI=1S/C16H16BrN3O/c1-3-20-15-7-5-11(21-2)9-14(15)19-16(20)12-8-10(18)4-6-13(12)17/h4-9H,3,18H2,1-2H3. The molecule has 0 aliphatic carbocycles. The van der Waals surface area contributed by atoms with E-state index in [0.717, 1.165) is 44.9 Å². The number of nitrogens with zero attached hydrogens (tertiary/aromatic N) is 2. The Kier molecular flexibility index (Phi) is 3.59. The molecule has 1 heterocycles. The number of hydrogen-bond acceptors (Lipinski definition) is 3. The summed E-state index contributed by atoms with van der Waals surface area (Å²) in [7, 11) is 1.66. The van der Waals surface area contributed by atoms with Gasteiger partial charge in [-0.05, 0) is 37.3 Å². The number of ether oxygens (including phenoxy) is 1. The second kappa shape index (κ2) is 5.41. The molecule has 4 nitrogen and oxygen atoms in total. The molecule has 0 saturated carbocycles. The molecule has 0 fully saturated rings. The van der Waals surface area contributed by atoms with E-state index < -0.39 is 0 Å². The van der Waals surface area contributed by atoms with E-state index in [9.17, 15) is 0 Å². The van der Waals surface area contributed by atoms with Gasteiger partial charge in [-0.2, -0.15) is 0 Å². The van der Waals surface area contributed by atoms with Crippen LogP contribution in [0.3, 0.4) is 0 Å². The first-order valence-electron chi connectivity index (χ1n) is 6.73. The molecule has 21 heavy (non-hydrogen) atoms. The van der Waals surface area contributed by atoms with Gasteiger partial charge < -0.3 is 15.0 Å². The lowest BCUT2D eigenvalue weighted by Gasteiger charge is -2.08. The second-order valence-corrected chi connectivity index (χ2v) is 5.63. The Hall–Kier alpha value is -2.01. The first-order chi connectivity index (χ1) is 10.1. The van der Waals surface area contributed by atoms with Gasteiger partial charge in [-0.25, -0.2) is 4.98 Å². The number of nitrogen functional groups attached to an aromatic ring is 1. The summed E-state index contributed by atoms with van der Waals surface area (Å²) in [6, 6.07) is 11.7. The summed E-state index contributed by atoms with van der Waals surface area (Å²) < 4.78 is 8.43. The van der Waals surface area contributed by atoms with Crippen LogP contribution in [0.5, 0.6) is 5.75 Å². The van der Waals surface area contributed by atoms with Crippen molar-refractivity contribution in [3.8, 4) is 17.1 Å². The van der Waals surface area contributed by atoms with Crippen molar-refractivity contribution in [2.24, 2.45) is 0 Å². The normalized spacial score (nSPS) is 11.0. The molecule has 1 aromatic heterocycles. The first-order valence-corrected chi connectivity index (χ1v) is 7.53. The highest BCUT2D eigenvalue weighted by Crippen LogP contribution is 2.33. The lowest BCUT2D eigenvalue weighted by atomic mass is 10.2. The Balaban J connectivity index is 2.29. The summed E-state index contributed by atoms with van der Waals surface area (Å²) in [4.78, 5) is 4.76. The molecule has 0 spiro atoms. The number of aryl methyl sites for hydroxylation is 1. The molecule has 2 aromatic carbocycles. The molecule has 0 atom stereocenters. The van der Waals surface area contributed by atoms with Gasteiger partial charge in [-0.3, -0.25) is 0 Å². The largest absolute Gasteiger partial charge is 0.497 e. The highest BCUT2D eigenvalue weighted by molar-refractivity contribution is 9.10. The number of methoxy groups -OCH3 is 1. The van der Waals surface area contributed by atoms with Crippen LogP contribution in [-0.4, -0.2) is 16.7 Å². The molecule has 0 bridgehead atoms. The highest BCUT2D eigenvalue weighted by atomic mass is 79.9. The molecule has 108 valence electrons. The molecule has 0 unspecified atom stereocenters. The second-order valence-electron chi connectivity index (χ2n) is 4.77. The lowest BCUT2D eigenvalue weighted by Crippen LogP contribution is -1.98. The van der Waals surface area contributed by atoms with Gasteiger partial charge in [-0.15, -0.1) is 0 Å². The maximum atomic E-state index is 5.92. The number of halogens is 1. The SMILES string of the molecule is CCn1c(-c2cc(N)ccc2Br)nc2cc(OC)ccc21. The van der Waals surface area contributed by atoms with Crippen molar-refractivity contribution >= 4 is 32.7 Å². The third-order valence-corrected chi connectivity index (χ3v) is 4.19. The molecule has 5 heteroatoms. The van der Waals surface area contributed by atoms with E-state index in [0.29, 0.717) is 0 Å². The third-order valence-electron chi connectivity index (χ3n) is 3.50. The number of aromatic nitrogens is 2. The first kappa shape index (κ1) is 13.9. The zero-order chi connectivity index (χ0) is 15.0. The number of hydrogen-bond donors (Lipinski definition) is 1. The van der Waals surface area contributed by atoms with Gasteiger partial charge >= 0.3 is 0 Å². The Morgan fingerprint density at radius 1 is 1.24 bits per heavy atom. The van der Waals surface area contributed by atoms with Crippen molar-refractivity contribution in [2.45, 2.75) is 13.5 Å². The fourth-order valence-electron chi connectivity index (χ4n) is 2.48. The Morgan fingerprint density at radius 3 is 2.76 bits per heavy atom. The molecule has 0 radical (unpaired) electrons. The fraction of sp³-hybridized carbons (Fsp3) is 0.188. The smallest absolute Gasteiger partial charge is 0.142 e. The summed E-state index contributed by atoms with van der Waals surface area (Å²) in [5, 5.41) is 0. The van der Waals surface area contributed by atoms with Crippen LogP contribution in [0.4, 0.5) is 5.69 Å². The molecule has 2 N–H and O–H groups in total. The Bertz CT molecular complexity index is 811. The van der Waals surface area contributed by atoms with E-state index in [2.05, 4.69) is 27.4 Å². The fourth-order valence-corrected chi connectivity index (χ4v) is 2.90. The van der Waals surface area contributed by atoms with Gasteiger partial charge in [0.15, 0.2) is 0 Å². The zero-order valence-corrected chi connectivity index (χ0v) is 13.5. The monoisotopic (exact) mass is 345 g/mol. The minimum Gasteiger partial charge on any atom is -0.497 e. The maximum absolute atomic E-state index is 5.92.